The zero-order chi connectivity index (χ0) is 28.8. The number of thiophene rings is 1. The predicted molar refractivity (Wildman–Crippen MR) is 145 cm³/mol. The molecular formula is C29H23F3N4O3S. The fourth-order valence-corrected chi connectivity index (χ4v) is 5.63. The minimum atomic E-state index is -4.65. The van der Waals surface area contributed by atoms with Crippen molar-refractivity contribution in [2.75, 3.05) is 6.54 Å². The van der Waals surface area contributed by atoms with Crippen molar-refractivity contribution in [3.63, 3.8) is 0 Å². The fraction of sp³-hybridized carbons (Fsp3) is 0.172. The number of fused-ring (bicyclic) bond motifs is 1. The molecule has 0 saturated heterocycles. The van der Waals surface area contributed by atoms with E-state index in [2.05, 4.69) is 10.4 Å². The van der Waals surface area contributed by atoms with Crippen molar-refractivity contribution in [2.24, 2.45) is 7.05 Å². The Morgan fingerprint density at radius 2 is 1.62 bits per heavy atom. The van der Waals surface area contributed by atoms with E-state index in [1.54, 1.807) is 36.1 Å². The monoisotopic (exact) mass is 564 g/mol. The van der Waals surface area contributed by atoms with Crippen molar-refractivity contribution in [1.82, 2.24) is 20.0 Å². The number of carbonyl (C=O) groups excluding carboxylic acids is 3. The summed E-state index contributed by atoms with van der Waals surface area (Å²) in [6.45, 7) is 3.33. The Morgan fingerprint density at radius 1 is 1.00 bits per heavy atom. The minimum Gasteiger partial charge on any atom is -0.323 e. The lowest BCUT2D eigenvalue weighted by Gasteiger charge is -2.18. The fourth-order valence-electron chi connectivity index (χ4n) is 4.71. The number of benzene rings is 2. The number of hydrogen-bond acceptors (Lipinski definition) is 5. The first-order valence-corrected chi connectivity index (χ1v) is 13.0. The van der Waals surface area contributed by atoms with E-state index in [0.29, 0.717) is 4.88 Å². The summed E-state index contributed by atoms with van der Waals surface area (Å²) in [7, 11) is 1.79. The van der Waals surface area contributed by atoms with Crippen LogP contribution in [-0.2, 0) is 13.2 Å². The Labute approximate surface area is 231 Å². The van der Waals surface area contributed by atoms with Crippen LogP contribution in [0.1, 0.15) is 52.0 Å². The van der Waals surface area contributed by atoms with Gasteiger partial charge in [-0.15, -0.1) is 11.3 Å². The second kappa shape index (κ2) is 10.2. The Kier molecular flexibility index (Phi) is 6.92. The number of aryl methyl sites for hydroxylation is 3. The molecule has 4 aromatic rings. The molecule has 40 heavy (non-hydrogen) atoms. The number of carbonyl (C=O) groups is 3. The second-order valence-corrected chi connectivity index (χ2v) is 10.6. The molecule has 0 bridgehead atoms. The van der Waals surface area contributed by atoms with E-state index >= 15 is 0 Å². The minimum absolute atomic E-state index is 0.0412. The summed E-state index contributed by atoms with van der Waals surface area (Å²) in [5.74, 6) is -1.76. The van der Waals surface area contributed by atoms with Gasteiger partial charge in [-0.3, -0.25) is 24.0 Å². The van der Waals surface area contributed by atoms with E-state index in [-0.39, 0.29) is 22.4 Å². The van der Waals surface area contributed by atoms with Crippen LogP contribution in [0.25, 0.3) is 17.3 Å². The van der Waals surface area contributed by atoms with Gasteiger partial charge >= 0.3 is 6.18 Å². The molecule has 0 radical (unpaired) electrons. The Hall–Kier alpha value is -4.51. The summed E-state index contributed by atoms with van der Waals surface area (Å²) >= 11 is 1.22. The predicted octanol–water partition coefficient (Wildman–Crippen LogP) is 5.85. The maximum Gasteiger partial charge on any atom is 0.416 e. The van der Waals surface area contributed by atoms with Crippen LogP contribution < -0.4 is 5.32 Å². The molecule has 2 aromatic carbocycles. The van der Waals surface area contributed by atoms with Crippen LogP contribution >= 0.6 is 11.3 Å². The van der Waals surface area contributed by atoms with Gasteiger partial charge in [0.1, 0.15) is 0 Å². The van der Waals surface area contributed by atoms with E-state index in [4.69, 9.17) is 0 Å². The van der Waals surface area contributed by atoms with Crippen molar-refractivity contribution in [3.8, 4) is 11.3 Å². The summed E-state index contributed by atoms with van der Waals surface area (Å²) in [4.78, 5) is 41.5. The number of nitrogens with zero attached hydrogens (tertiary/aromatic N) is 3. The molecule has 11 heteroatoms. The summed E-state index contributed by atoms with van der Waals surface area (Å²) in [5.41, 5.74) is 1.79. The first-order chi connectivity index (χ1) is 19.0. The number of imide groups is 1. The highest BCUT2D eigenvalue weighted by atomic mass is 32.1. The molecule has 1 aliphatic rings. The lowest BCUT2D eigenvalue weighted by Crippen LogP contribution is -2.36. The Balaban J connectivity index is 1.52. The van der Waals surface area contributed by atoms with Crippen LogP contribution in [0.4, 0.5) is 13.2 Å². The zero-order valence-corrected chi connectivity index (χ0v) is 22.5. The standard InChI is InChI=1S/C29H23F3N4O3S/c1-16-14-33-35(3)25(16)22-13-24(40-17(22)2)26(37)34-19(12-18-8-4-7-11-23(18)29(30,31)32)15-36-27(38)20-9-5-6-10-21(20)28(36)39/h4-14H,15H2,1-3H3,(H,34,37)/b19-12+. The van der Waals surface area contributed by atoms with E-state index in [1.807, 2.05) is 13.8 Å². The number of alkyl halides is 3. The van der Waals surface area contributed by atoms with Crippen molar-refractivity contribution < 1.29 is 27.6 Å². The van der Waals surface area contributed by atoms with E-state index < -0.39 is 36.0 Å². The van der Waals surface area contributed by atoms with E-state index in [9.17, 15) is 27.6 Å². The maximum atomic E-state index is 13.7. The molecule has 0 aliphatic carbocycles. The van der Waals surface area contributed by atoms with Crippen LogP contribution in [0.2, 0.25) is 0 Å². The van der Waals surface area contributed by atoms with Gasteiger partial charge in [-0.05, 0) is 55.3 Å². The Morgan fingerprint density at radius 3 is 2.23 bits per heavy atom. The van der Waals surface area contributed by atoms with Gasteiger partial charge in [-0.25, -0.2) is 0 Å². The highest BCUT2D eigenvalue weighted by Crippen LogP contribution is 2.34. The SMILES string of the molecule is Cc1cnn(C)c1-c1cc(C(=O)N/C(=C/c2ccccc2C(F)(F)F)CN2C(=O)c3ccccc3C2=O)sc1C. The van der Waals surface area contributed by atoms with Crippen LogP contribution in [0, 0.1) is 13.8 Å². The highest BCUT2D eigenvalue weighted by Gasteiger charge is 2.36. The van der Waals surface area contributed by atoms with Gasteiger partial charge in [0.2, 0.25) is 0 Å². The number of rotatable bonds is 6. The molecule has 0 spiro atoms. The number of aromatic nitrogens is 2. The van der Waals surface area contributed by atoms with Gasteiger partial charge in [-0.1, -0.05) is 30.3 Å². The normalized spacial score (nSPS) is 13.7. The van der Waals surface area contributed by atoms with Crippen LogP contribution in [0.3, 0.4) is 0 Å². The molecule has 7 nitrogen and oxygen atoms in total. The molecule has 1 aliphatic heterocycles. The average Bonchev–Trinajstić information content (AvgIpc) is 3.53. The molecular weight excluding hydrogens is 541 g/mol. The molecule has 0 saturated carbocycles. The average molecular weight is 565 g/mol. The first kappa shape index (κ1) is 27.1. The van der Waals surface area contributed by atoms with Crippen molar-refractivity contribution in [1.29, 1.82) is 0 Å². The maximum absolute atomic E-state index is 13.7. The first-order valence-electron chi connectivity index (χ1n) is 12.2. The lowest BCUT2D eigenvalue weighted by atomic mass is 10.1. The van der Waals surface area contributed by atoms with Gasteiger partial charge in [0.25, 0.3) is 17.7 Å². The van der Waals surface area contributed by atoms with E-state index in [0.717, 1.165) is 38.7 Å². The third-order valence-corrected chi connectivity index (χ3v) is 7.64. The topological polar surface area (TPSA) is 84.3 Å². The number of halogens is 3. The molecule has 0 atom stereocenters. The molecule has 204 valence electrons. The van der Waals surface area contributed by atoms with Crippen molar-refractivity contribution in [2.45, 2.75) is 20.0 Å². The molecule has 3 amide bonds. The molecule has 0 unspecified atom stereocenters. The highest BCUT2D eigenvalue weighted by molar-refractivity contribution is 7.14. The smallest absolute Gasteiger partial charge is 0.323 e. The summed E-state index contributed by atoms with van der Waals surface area (Å²) < 4.78 is 42.9. The van der Waals surface area contributed by atoms with Gasteiger partial charge in [0.15, 0.2) is 0 Å². The third kappa shape index (κ3) is 4.95. The van der Waals surface area contributed by atoms with Crippen molar-refractivity contribution >= 4 is 35.1 Å². The second-order valence-electron chi connectivity index (χ2n) is 9.33. The number of nitrogens with one attached hydrogen (secondary N) is 1. The molecule has 1 N–H and O–H groups in total. The number of amides is 3. The van der Waals surface area contributed by atoms with Crippen LogP contribution in [0.5, 0.6) is 0 Å². The molecule has 5 rings (SSSR count). The lowest BCUT2D eigenvalue weighted by molar-refractivity contribution is -0.137. The molecule has 0 fully saturated rings. The zero-order valence-electron chi connectivity index (χ0n) is 21.7. The quantitative estimate of drug-likeness (QED) is 0.298. The number of hydrogen-bond donors (Lipinski definition) is 1. The van der Waals surface area contributed by atoms with Crippen LogP contribution in [-0.4, -0.2) is 38.9 Å². The third-order valence-electron chi connectivity index (χ3n) is 6.60. The molecule has 2 aromatic heterocycles. The largest absolute Gasteiger partial charge is 0.416 e. The van der Waals surface area contributed by atoms with Crippen LogP contribution in [0.15, 0.2) is 66.5 Å². The van der Waals surface area contributed by atoms with Gasteiger partial charge in [0.05, 0.1) is 40.0 Å². The summed E-state index contributed by atoms with van der Waals surface area (Å²) in [6, 6.07) is 12.8. The Bertz CT molecular complexity index is 1650. The van der Waals surface area contributed by atoms with Crippen molar-refractivity contribution in [3.05, 3.63) is 104 Å². The van der Waals surface area contributed by atoms with Gasteiger partial charge in [-0.2, -0.15) is 18.3 Å². The summed E-state index contributed by atoms with van der Waals surface area (Å²) in [6.07, 6.45) is -1.79. The summed E-state index contributed by atoms with van der Waals surface area (Å²) in [5, 5.41) is 6.92. The molecule has 3 heterocycles. The van der Waals surface area contributed by atoms with Gasteiger partial charge < -0.3 is 5.32 Å². The van der Waals surface area contributed by atoms with E-state index in [1.165, 1.54) is 41.7 Å². The van der Waals surface area contributed by atoms with Gasteiger partial charge in [0, 0.05) is 23.2 Å².